The second-order valence-electron chi connectivity index (χ2n) is 8.88. The number of nitrogens with one attached hydrogen (secondary N) is 6. The Bertz CT molecular complexity index is 990. The van der Waals surface area contributed by atoms with Crippen LogP contribution in [-0.2, 0) is 35.2 Å². The van der Waals surface area contributed by atoms with Crippen LogP contribution in [0.5, 0.6) is 0 Å². The van der Waals surface area contributed by atoms with Gasteiger partial charge in [-0.1, -0.05) is 13.8 Å². The quantitative estimate of drug-likeness (QED) is 0.102. The summed E-state index contributed by atoms with van der Waals surface area (Å²) >= 11 is 8.06. The molecule has 1 rings (SSSR count). The van der Waals surface area contributed by atoms with Crippen LogP contribution in [0.15, 0.2) is 12.5 Å². The molecule has 0 aromatic carbocycles. The van der Waals surface area contributed by atoms with Crippen LogP contribution in [0.3, 0.4) is 0 Å². The van der Waals surface area contributed by atoms with Gasteiger partial charge in [0.2, 0.25) is 35.4 Å². The second-order valence-corrected chi connectivity index (χ2v) is 9.61. The van der Waals surface area contributed by atoms with E-state index in [1.54, 1.807) is 13.8 Å². The van der Waals surface area contributed by atoms with Crippen LogP contribution in [0, 0.1) is 5.92 Å². The van der Waals surface area contributed by atoms with Crippen molar-refractivity contribution in [3.8, 4) is 0 Å². The molecule has 0 aliphatic rings. The average Bonchev–Trinajstić information content (AvgIpc) is 3.35. The number of hydrogen-bond donors (Lipinski definition) is 9. The Labute approximate surface area is 231 Å². The van der Waals surface area contributed by atoms with Gasteiger partial charge in [-0.15, -0.1) is 0 Å². The van der Waals surface area contributed by atoms with Gasteiger partial charge in [0.15, 0.2) is 0 Å². The Morgan fingerprint density at radius 1 is 0.842 bits per heavy atom. The second kappa shape index (κ2) is 15.9. The van der Waals surface area contributed by atoms with Crippen LogP contribution in [0.4, 0.5) is 0 Å². The molecule has 0 saturated heterocycles. The summed E-state index contributed by atoms with van der Waals surface area (Å²) < 4.78 is 0. The highest BCUT2D eigenvalue weighted by atomic mass is 32.1. The fourth-order valence-corrected chi connectivity index (χ4v) is 3.73. The third-order valence-electron chi connectivity index (χ3n) is 5.33. The first kappa shape index (κ1) is 32.8. The SMILES string of the molecule is CC(=O)N[C@@H](CS)C(=O)N[C@H](C(=O)N[C@@H](C)C(=O)N[C@@H](Cc1cnc[nH]1)C(=O)N[C@@H](CS)C(N)=O)C(C)C. The molecule has 0 saturated carbocycles. The molecule has 0 unspecified atom stereocenters. The number of H-pyrrole nitrogens is 1. The maximum Gasteiger partial charge on any atom is 0.244 e. The Morgan fingerprint density at radius 3 is 1.89 bits per heavy atom. The zero-order valence-corrected chi connectivity index (χ0v) is 23.4. The average molecular weight is 573 g/mol. The molecule has 1 heterocycles. The highest BCUT2D eigenvalue weighted by molar-refractivity contribution is 7.80. The van der Waals surface area contributed by atoms with Gasteiger partial charge in [-0.05, 0) is 12.8 Å². The molecule has 0 spiro atoms. The number of aromatic amines is 1. The number of carbonyl (C=O) groups is 6. The van der Waals surface area contributed by atoms with Crippen molar-refractivity contribution in [2.45, 2.75) is 64.3 Å². The van der Waals surface area contributed by atoms with Crippen LogP contribution in [0.1, 0.15) is 33.4 Å². The van der Waals surface area contributed by atoms with Gasteiger partial charge in [0, 0.05) is 36.7 Å². The smallest absolute Gasteiger partial charge is 0.244 e. The fraction of sp³-hybridized carbons (Fsp3) is 0.591. The molecule has 6 amide bonds. The van der Waals surface area contributed by atoms with E-state index in [-0.39, 0.29) is 23.8 Å². The van der Waals surface area contributed by atoms with E-state index in [1.807, 2.05) is 0 Å². The number of aromatic nitrogens is 2. The zero-order chi connectivity index (χ0) is 29.0. The van der Waals surface area contributed by atoms with E-state index in [4.69, 9.17) is 5.73 Å². The number of rotatable bonds is 15. The van der Waals surface area contributed by atoms with Gasteiger partial charge in [0.1, 0.15) is 30.2 Å². The first-order valence-corrected chi connectivity index (χ1v) is 13.0. The van der Waals surface area contributed by atoms with Crippen molar-refractivity contribution < 1.29 is 28.8 Å². The van der Waals surface area contributed by atoms with E-state index >= 15 is 0 Å². The van der Waals surface area contributed by atoms with Crippen molar-refractivity contribution in [1.29, 1.82) is 0 Å². The van der Waals surface area contributed by atoms with Crippen molar-refractivity contribution in [3.63, 3.8) is 0 Å². The summed E-state index contributed by atoms with van der Waals surface area (Å²) in [6.07, 6.45) is 2.88. The van der Waals surface area contributed by atoms with Crippen molar-refractivity contribution >= 4 is 60.7 Å². The molecular formula is C22H36N8O6S2. The van der Waals surface area contributed by atoms with Gasteiger partial charge in [-0.2, -0.15) is 25.3 Å². The normalized spacial score (nSPS) is 14.8. The van der Waals surface area contributed by atoms with E-state index < -0.39 is 65.7 Å². The number of carbonyl (C=O) groups excluding carboxylic acids is 6. The summed E-state index contributed by atoms with van der Waals surface area (Å²) in [4.78, 5) is 80.8. The molecule has 5 atom stereocenters. The molecular weight excluding hydrogens is 536 g/mol. The first-order valence-electron chi connectivity index (χ1n) is 11.8. The highest BCUT2D eigenvalue weighted by Crippen LogP contribution is 2.05. The predicted octanol–water partition coefficient (Wildman–Crippen LogP) is -2.58. The number of amides is 6. The van der Waals surface area contributed by atoms with Gasteiger partial charge in [-0.25, -0.2) is 4.98 Å². The summed E-state index contributed by atoms with van der Waals surface area (Å²) in [6, 6.07) is -5.28. The van der Waals surface area contributed by atoms with Gasteiger partial charge in [-0.3, -0.25) is 28.8 Å². The minimum atomic E-state index is -1.14. The number of hydrogen-bond acceptors (Lipinski definition) is 9. The van der Waals surface area contributed by atoms with Crippen LogP contribution in [0.25, 0.3) is 0 Å². The fourth-order valence-electron chi connectivity index (χ4n) is 3.20. The van der Waals surface area contributed by atoms with E-state index in [1.165, 1.54) is 26.4 Å². The lowest BCUT2D eigenvalue weighted by molar-refractivity contribution is -0.135. The first-order chi connectivity index (χ1) is 17.8. The van der Waals surface area contributed by atoms with E-state index in [2.05, 4.69) is 61.8 Å². The molecule has 8 N–H and O–H groups in total. The molecule has 0 bridgehead atoms. The predicted molar refractivity (Wildman–Crippen MR) is 145 cm³/mol. The number of imidazole rings is 1. The molecule has 38 heavy (non-hydrogen) atoms. The van der Waals surface area contributed by atoms with Crippen molar-refractivity contribution in [2.24, 2.45) is 11.7 Å². The lowest BCUT2D eigenvalue weighted by Crippen LogP contribution is -2.59. The molecule has 16 heteroatoms. The molecule has 0 aliphatic heterocycles. The zero-order valence-electron chi connectivity index (χ0n) is 21.6. The number of primary amides is 1. The topological polar surface area (TPSA) is 217 Å². The molecule has 0 radical (unpaired) electrons. The minimum absolute atomic E-state index is 0.00916. The van der Waals surface area contributed by atoms with Crippen molar-refractivity contribution in [1.82, 2.24) is 36.6 Å². The summed E-state index contributed by atoms with van der Waals surface area (Å²) in [7, 11) is 0. The summed E-state index contributed by atoms with van der Waals surface area (Å²) in [5, 5.41) is 12.5. The van der Waals surface area contributed by atoms with Gasteiger partial charge >= 0.3 is 0 Å². The maximum atomic E-state index is 12.9. The van der Waals surface area contributed by atoms with Gasteiger partial charge in [0.05, 0.1) is 6.33 Å². The van der Waals surface area contributed by atoms with Gasteiger partial charge in [0.25, 0.3) is 0 Å². The lowest BCUT2D eigenvalue weighted by atomic mass is 10.0. The monoisotopic (exact) mass is 572 g/mol. The van der Waals surface area contributed by atoms with E-state index in [0.29, 0.717) is 5.69 Å². The summed E-state index contributed by atoms with van der Waals surface area (Å²) in [5.74, 6) is -4.25. The Hall–Kier alpha value is -3.27. The number of nitrogens with zero attached hydrogens (tertiary/aromatic N) is 1. The number of nitrogens with two attached hydrogens (primary N) is 1. The molecule has 1 aromatic rings. The molecule has 212 valence electrons. The molecule has 0 fully saturated rings. The summed E-state index contributed by atoms with van der Waals surface area (Å²) in [6.45, 7) is 6.06. The van der Waals surface area contributed by atoms with E-state index in [9.17, 15) is 28.8 Å². The minimum Gasteiger partial charge on any atom is -0.368 e. The van der Waals surface area contributed by atoms with Crippen LogP contribution >= 0.6 is 25.3 Å². The Morgan fingerprint density at radius 2 is 1.42 bits per heavy atom. The molecule has 14 nitrogen and oxygen atoms in total. The third-order valence-corrected chi connectivity index (χ3v) is 6.06. The largest absolute Gasteiger partial charge is 0.368 e. The maximum absolute atomic E-state index is 12.9. The standard InChI is InChI=1S/C22H36N8O6S2/c1-10(2)17(30-21(35)16(8-38)27-12(4)31)22(36)26-11(3)19(33)28-14(5-13-6-24-9-25-13)20(34)29-15(7-37)18(23)32/h6,9-11,14-17,37-38H,5,7-8H2,1-4H3,(H2,23,32)(H,24,25)(H,26,36)(H,27,31)(H,28,33)(H,29,34)(H,30,35)/t11-,14-,15-,16-,17-/m0/s1. The molecule has 1 aromatic heterocycles. The van der Waals surface area contributed by atoms with Gasteiger partial charge < -0.3 is 37.3 Å². The Balaban J connectivity index is 2.93. The van der Waals surface area contributed by atoms with E-state index in [0.717, 1.165) is 0 Å². The third kappa shape index (κ3) is 10.6. The molecule has 0 aliphatic carbocycles. The van der Waals surface area contributed by atoms with Crippen LogP contribution in [0.2, 0.25) is 0 Å². The lowest BCUT2D eigenvalue weighted by Gasteiger charge is -2.26. The number of thiol groups is 2. The van der Waals surface area contributed by atoms with Crippen molar-refractivity contribution in [3.05, 3.63) is 18.2 Å². The highest BCUT2D eigenvalue weighted by Gasteiger charge is 2.31. The van der Waals surface area contributed by atoms with Crippen molar-refractivity contribution in [2.75, 3.05) is 11.5 Å². The summed E-state index contributed by atoms with van der Waals surface area (Å²) in [5.41, 5.74) is 5.80. The van der Waals surface area contributed by atoms with Crippen LogP contribution in [-0.4, -0.2) is 87.1 Å². The van der Waals surface area contributed by atoms with Crippen LogP contribution < -0.4 is 32.3 Å². The Kier molecular flexibility index (Phi) is 13.7.